The summed E-state index contributed by atoms with van der Waals surface area (Å²) in [6, 6.07) is 5.77. The molecule has 1 aromatic carbocycles. The van der Waals surface area contributed by atoms with Crippen molar-refractivity contribution in [1.29, 1.82) is 0 Å². The van der Waals surface area contributed by atoms with Gasteiger partial charge in [0.05, 0.1) is 7.11 Å². The fraction of sp³-hybridized carbons (Fsp3) is 0.429. The molecule has 0 N–H and O–H groups in total. The molecule has 16 heavy (non-hydrogen) atoms. The van der Waals surface area contributed by atoms with Crippen LogP contribution in [0.2, 0.25) is 5.02 Å². The summed E-state index contributed by atoms with van der Waals surface area (Å²) in [5, 5.41) is 0.758. The highest BCUT2D eigenvalue weighted by Gasteiger charge is 2.08. The van der Waals surface area contributed by atoms with Gasteiger partial charge in [-0.2, -0.15) is 0 Å². The summed E-state index contributed by atoms with van der Waals surface area (Å²) < 4.78 is 5.37. The van der Waals surface area contributed by atoms with Gasteiger partial charge in [0, 0.05) is 10.6 Å². The van der Waals surface area contributed by atoms with E-state index in [0.29, 0.717) is 0 Å². The Bertz CT molecular complexity index is 369. The Morgan fingerprint density at radius 1 is 1.38 bits per heavy atom. The maximum absolute atomic E-state index is 6.04. The molecule has 0 aromatic heterocycles. The summed E-state index contributed by atoms with van der Waals surface area (Å²) in [6.07, 6.45) is 5.47. The predicted octanol–water partition coefficient (Wildman–Crippen LogP) is 4.94. The average Bonchev–Trinajstić information content (AvgIpc) is 2.29. The Morgan fingerprint density at radius 2 is 2.12 bits per heavy atom. The van der Waals surface area contributed by atoms with Crippen LogP contribution in [0.3, 0.4) is 0 Å². The maximum atomic E-state index is 6.04. The van der Waals surface area contributed by atoms with Crippen molar-refractivity contribution in [2.75, 3.05) is 7.11 Å². The van der Waals surface area contributed by atoms with Crippen molar-refractivity contribution in [1.82, 2.24) is 0 Å². The minimum Gasteiger partial charge on any atom is -0.496 e. The van der Waals surface area contributed by atoms with Gasteiger partial charge < -0.3 is 4.74 Å². The highest BCUT2D eigenvalue weighted by molar-refractivity contribution is 6.30. The van der Waals surface area contributed by atoms with Gasteiger partial charge >= 0.3 is 0 Å². The van der Waals surface area contributed by atoms with Crippen LogP contribution in [0.4, 0.5) is 0 Å². The molecule has 2 heteroatoms. The lowest BCUT2D eigenvalue weighted by molar-refractivity contribution is 0.413. The lowest BCUT2D eigenvalue weighted by Gasteiger charge is -2.12. The summed E-state index contributed by atoms with van der Waals surface area (Å²) in [5.41, 5.74) is 2.45. The molecule has 0 aliphatic rings. The third-order valence-electron chi connectivity index (χ3n) is 2.48. The molecule has 1 nitrogen and oxygen atoms in total. The largest absolute Gasteiger partial charge is 0.496 e. The summed E-state index contributed by atoms with van der Waals surface area (Å²) in [6.45, 7) is 4.33. The number of hydrogen-bond acceptors (Lipinski definition) is 1. The van der Waals surface area contributed by atoms with E-state index in [1.54, 1.807) is 7.11 Å². The monoisotopic (exact) mass is 238 g/mol. The van der Waals surface area contributed by atoms with Gasteiger partial charge in [-0.3, -0.25) is 0 Å². The van der Waals surface area contributed by atoms with Gasteiger partial charge in [-0.05, 0) is 36.6 Å². The second-order valence-electron chi connectivity index (χ2n) is 3.73. The zero-order chi connectivity index (χ0) is 12.0. The van der Waals surface area contributed by atoms with E-state index in [9.17, 15) is 0 Å². The fourth-order valence-corrected chi connectivity index (χ4v) is 1.97. The number of halogens is 1. The average molecular weight is 239 g/mol. The topological polar surface area (TPSA) is 9.23 Å². The van der Waals surface area contributed by atoms with Crippen LogP contribution >= 0.6 is 11.6 Å². The molecular weight excluding hydrogens is 220 g/mol. The zero-order valence-corrected chi connectivity index (χ0v) is 11.0. The molecule has 88 valence electrons. The van der Waals surface area contributed by atoms with E-state index in [0.717, 1.165) is 35.6 Å². The highest BCUT2D eigenvalue weighted by Crippen LogP contribution is 2.31. The van der Waals surface area contributed by atoms with Crippen molar-refractivity contribution in [3.63, 3.8) is 0 Å². The van der Waals surface area contributed by atoms with E-state index in [1.807, 2.05) is 18.2 Å². The number of rotatable bonds is 5. The van der Waals surface area contributed by atoms with Crippen LogP contribution < -0.4 is 4.74 Å². The Morgan fingerprint density at radius 3 is 2.69 bits per heavy atom. The second kappa shape index (κ2) is 6.59. The van der Waals surface area contributed by atoms with Crippen molar-refractivity contribution in [3.05, 3.63) is 34.9 Å². The molecular formula is C14H19ClO. The Kier molecular flexibility index (Phi) is 5.41. The molecule has 1 rings (SSSR count). The minimum atomic E-state index is 0.758. The molecule has 0 fully saturated rings. The van der Waals surface area contributed by atoms with Gasteiger partial charge in [0.15, 0.2) is 0 Å². The SMILES string of the molecule is CC/C=C(\CCC)c1cc(Cl)ccc1OC. The summed E-state index contributed by atoms with van der Waals surface area (Å²) in [7, 11) is 1.70. The van der Waals surface area contributed by atoms with Gasteiger partial charge in [-0.15, -0.1) is 0 Å². The maximum Gasteiger partial charge on any atom is 0.126 e. The molecule has 0 aliphatic heterocycles. The summed E-state index contributed by atoms with van der Waals surface area (Å²) in [4.78, 5) is 0. The van der Waals surface area contributed by atoms with Crippen molar-refractivity contribution < 1.29 is 4.74 Å². The standard InChI is InChI=1S/C14H19ClO/c1-4-6-11(7-5-2)13-10-12(15)8-9-14(13)16-3/h6,8-10H,4-5,7H2,1-3H3/b11-6+. The van der Waals surface area contributed by atoms with E-state index < -0.39 is 0 Å². The highest BCUT2D eigenvalue weighted by atomic mass is 35.5. The Balaban J connectivity index is 3.16. The number of benzene rings is 1. The molecule has 0 amide bonds. The number of hydrogen-bond donors (Lipinski definition) is 0. The molecule has 0 saturated heterocycles. The number of methoxy groups -OCH3 is 1. The van der Waals surface area contributed by atoms with E-state index >= 15 is 0 Å². The third-order valence-corrected chi connectivity index (χ3v) is 2.71. The van der Waals surface area contributed by atoms with Crippen molar-refractivity contribution in [2.45, 2.75) is 33.1 Å². The summed E-state index contributed by atoms with van der Waals surface area (Å²) in [5.74, 6) is 0.901. The molecule has 0 atom stereocenters. The van der Waals surface area contributed by atoms with Gasteiger partial charge in [0.1, 0.15) is 5.75 Å². The first-order valence-electron chi connectivity index (χ1n) is 5.75. The molecule has 0 spiro atoms. The molecule has 0 radical (unpaired) electrons. The quantitative estimate of drug-likeness (QED) is 0.706. The lowest BCUT2D eigenvalue weighted by Crippen LogP contribution is -1.92. The molecule has 0 aliphatic carbocycles. The van der Waals surface area contributed by atoms with Crippen LogP contribution in [0.15, 0.2) is 24.3 Å². The second-order valence-corrected chi connectivity index (χ2v) is 4.17. The van der Waals surface area contributed by atoms with E-state index in [-0.39, 0.29) is 0 Å². The number of allylic oxidation sites excluding steroid dienone is 2. The Labute approximate surface area is 103 Å². The third kappa shape index (κ3) is 3.28. The van der Waals surface area contributed by atoms with Crippen LogP contribution in [-0.4, -0.2) is 7.11 Å². The molecule has 0 heterocycles. The van der Waals surface area contributed by atoms with E-state index in [4.69, 9.17) is 16.3 Å². The van der Waals surface area contributed by atoms with Crippen molar-refractivity contribution in [3.8, 4) is 5.75 Å². The predicted molar refractivity (Wildman–Crippen MR) is 71.2 cm³/mol. The normalized spacial score (nSPS) is 11.6. The molecule has 0 unspecified atom stereocenters. The van der Waals surface area contributed by atoms with Gasteiger partial charge in [0.25, 0.3) is 0 Å². The van der Waals surface area contributed by atoms with E-state index in [1.165, 1.54) is 5.57 Å². The van der Waals surface area contributed by atoms with Gasteiger partial charge in [0.2, 0.25) is 0 Å². The first kappa shape index (κ1) is 13.1. The smallest absolute Gasteiger partial charge is 0.126 e. The minimum absolute atomic E-state index is 0.758. The van der Waals surface area contributed by atoms with Gasteiger partial charge in [-0.1, -0.05) is 37.9 Å². The lowest BCUT2D eigenvalue weighted by atomic mass is 9.99. The van der Waals surface area contributed by atoms with Crippen LogP contribution in [-0.2, 0) is 0 Å². The first-order chi connectivity index (χ1) is 7.72. The van der Waals surface area contributed by atoms with Crippen LogP contribution in [0.25, 0.3) is 5.57 Å². The van der Waals surface area contributed by atoms with Gasteiger partial charge in [-0.25, -0.2) is 0 Å². The van der Waals surface area contributed by atoms with Crippen LogP contribution in [0.1, 0.15) is 38.7 Å². The van der Waals surface area contributed by atoms with Crippen LogP contribution in [0, 0.1) is 0 Å². The first-order valence-corrected chi connectivity index (χ1v) is 6.13. The van der Waals surface area contributed by atoms with Crippen LogP contribution in [0.5, 0.6) is 5.75 Å². The van der Waals surface area contributed by atoms with E-state index in [2.05, 4.69) is 19.9 Å². The molecule has 0 saturated carbocycles. The molecule has 1 aromatic rings. The number of ether oxygens (including phenoxy) is 1. The fourth-order valence-electron chi connectivity index (χ4n) is 1.79. The molecule has 0 bridgehead atoms. The van der Waals surface area contributed by atoms with Crippen molar-refractivity contribution >= 4 is 17.2 Å². The Hall–Kier alpha value is -0.950. The summed E-state index contributed by atoms with van der Waals surface area (Å²) >= 11 is 6.04. The zero-order valence-electron chi connectivity index (χ0n) is 10.2. The van der Waals surface area contributed by atoms with Crippen molar-refractivity contribution in [2.24, 2.45) is 0 Å².